The van der Waals surface area contributed by atoms with Gasteiger partial charge in [0.05, 0.1) is 0 Å². The molecule has 0 radical (unpaired) electrons. The zero-order chi connectivity index (χ0) is 19.5. The van der Waals surface area contributed by atoms with Gasteiger partial charge < -0.3 is 5.32 Å². The van der Waals surface area contributed by atoms with Crippen molar-refractivity contribution < 1.29 is 4.79 Å². The third-order valence-corrected chi connectivity index (χ3v) is 10.8. The van der Waals surface area contributed by atoms with Crippen molar-refractivity contribution in [3.05, 3.63) is 23.3 Å². The van der Waals surface area contributed by atoms with E-state index in [9.17, 15) is 4.79 Å². The molecule has 6 atom stereocenters. The number of rotatable bonds is 1. The van der Waals surface area contributed by atoms with Gasteiger partial charge in [0.1, 0.15) is 0 Å². The van der Waals surface area contributed by atoms with Gasteiger partial charge in [0.15, 0.2) is 5.78 Å². The van der Waals surface area contributed by atoms with E-state index in [0.29, 0.717) is 28.1 Å². The quantitative estimate of drug-likeness (QED) is 0.494. The van der Waals surface area contributed by atoms with E-state index in [1.165, 1.54) is 38.5 Å². The second-order valence-corrected chi connectivity index (χ2v) is 11.5. The SMILES string of the molecule is CC=C1C(=O)CC2(C)C3=CCC4C(C)(C)C(NC)CCC45CC35CCC12C. The lowest BCUT2D eigenvalue weighted by Crippen LogP contribution is -2.55. The van der Waals surface area contributed by atoms with Crippen molar-refractivity contribution in [3.8, 4) is 0 Å². The number of Topliss-reactive ketones (excluding diaryl/α,β-unsaturated/α-hetero) is 1. The largest absolute Gasteiger partial charge is 0.316 e. The van der Waals surface area contributed by atoms with Crippen LogP contribution in [-0.4, -0.2) is 18.9 Å². The van der Waals surface area contributed by atoms with Crippen LogP contribution in [-0.2, 0) is 4.79 Å². The first-order valence-electron chi connectivity index (χ1n) is 11.2. The van der Waals surface area contributed by atoms with Gasteiger partial charge in [0.25, 0.3) is 0 Å². The summed E-state index contributed by atoms with van der Waals surface area (Å²) in [6, 6.07) is 0.632. The lowest BCUT2D eigenvalue weighted by atomic mass is 9.46. The molecule has 5 aliphatic carbocycles. The maximum Gasteiger partial charge on any atom is 0.160 e. The molecular formula is C25H37NO. The van der Waals surface area contributed by atoms with E-state index in [1.807, 2.05) is 0 Å². The fourth-order valence-corrected chi connectivity index (χ4v) is 9.21. The molecule has 4 saturated carbocycles. The molecule has 2 heteroatoms. The van der Waals surface area contributed by atoms with Gasteiger partial charge in [-0.3, -0.25) is 4.79 Å². The van der Waals surface area contributed by atoms with Gasteiger partial charge in [0, 0.05) is 23.3 Å². The van der Waals surface area contributed by atoms with E-state index in [1.54, 1.807) is 5.57 Å². The van der Waals surface area contributed by atoms with Crippen molar-refractivity contribution >= 4 is 5.78 Å². The van der Waals surface area contributed by atoms with Crippen LogP contribution in [0.1, 0.15) is 79.6 Å². The Morgan fingerprint density at radius 3 is 2.52 bits per heavy atom. The third kappa shape index (κ3) is 1.73. The molecule has 2 nitrogen and oxygen atoms in total. The lowest BCUT2D eigenvalue weighted by Gasteiger charge is -2.59. The van der Waals surface area contributed by atoms with E-state index in [-0.39, 0.29) is 10.8 Å². The van der Waals surface area contributed by atoms with Crippen LogP contribution in [0.25, 0.3) is 0 Å². The molecule has 0 heterocycles. The van der Waals surface area contributed by atoms with Crippen LogP contribution in [0.4, 0.5) is 0 Å². The van der Waals surface area contributed by atoms with E-state index < -0.39 is 0 Å². The summed E-state index contributed by atoms with van der Waals surface area (Å²) in [5.74, 6) is 1.20. The molecule has 0 aromatic rings. The average Bonchev–Trinajstić information content (AvgIpc) is 3.21. The molecule has 0 aliphatic heterocycles. The summed E-state index contributed by atoms with van der Waals surface area (Å²) in [5, 5.41) is 3.63. The Hall–Kier alpha value is -0.890. The Bertz CT molecular complexity index is 790. The van der Waals surface area contributed by atoms with Crippen molar-refractivity contribution in [2.45, 2.75) is 85.6 Å². The normalized spacial score (nSPS) is 53.9. The summed E-state index contributed by atoms with van der Waals surface area (Å²) >= 11 is 0. The monoisotopic (exact) mass is 367 g/mol. The summed E-state index contributed by atoms with van der Waals surface area (Å²) in [6.07, 6.45) is 13.3. The standard InChI is InChI=1S/C25H37NO/c1-7-16-17(27)14-23(5)19-9-8-18-21(2,3)20(26-6)10-11-24(18)15-25(19,24)13-12-22(16,23)4/h7,9,18,20,26H,8,10-15H2,1-6H3. The summed E-state index contributed by atoms with van der Waals surface area (Å²) in [6.45, 7) is 11.9. The molecule has 0 saturated heterocycles. The molecule has 2 spiro atoms. The summed E-state index contributed by atoms with van der Waals surface area (Å²) < 4.78 is 0. The number of allylic oxidation sites excluding steroid dienone is 4. The van der Waals surface area contributed by atoms with Crippen molar-refractivity contribution in [2.75, 3.05) is 7.05 Å². The predicted molar refractivity (Wildman–Crippen MR) is 110 cm³/mol. The van der Waals surface area contributed by atoms with E-state index in [0.717, 1.165) is 17.9 Å². The van der Waals surface area contributed by atoms with Crippen LogP contribution in [0.3, 0.4) is 0 Å². The second-order valence-electron chi connectivity index (χ2n) is 11.5. The molecular weight excluding hydrogens is 330 g/mol. The molecule has 5 rings (SSSR count). The van der Waals surface area contributed by atoms with Gasteiger partial charge in [-0.2, -0.15) is 0 Å². The summed E-state index contributed by atoms with van der Waals surface area (Å²) in [7, 11) is 2.15. The summed E-state index contributed by atoms with van der Waals surface area (Å²) in [4.78, 5) is 12.9. The number of hydrogen-bond acceptors (Lipinski definition) is 2. The van der Waals surface area contributed by atoms with Crippen molar-refractivity contribution in [2.24, 2.45) is 33.0 Å². The van der Waals surface area contributed by atoms with Crippen LogP contribution in [0.5, 0.6) is 0 Å². The van der Waals surface area contributed by atoms with E-state index >= 15 is 0 Å². The molecule has 0 aromatic heterocycles. The number of carbonyl (C=O) groups excluding carboxylic acids is 1. The molecule has 148 valence electrons. The Labute approximate surface area is 165 Å². The minimum atomic E-state index is 0.0443. The highest BCUT2D eigenvalue weighted by molar-refractivity contribution is 6.01. The van der Waals surface area contributed by atoms with Crippen LogP contribution in [0.15, 0.2) is 23.3 Å². The highest BCUT2D eigenvalue weighted by Gasteiger charge is 2.80. The topological polar surface area (TPSA) is 29.1 Å². The minimum Gasteiger partial charge on any atom is -0.316 e. The Morgan fingerprint density at radius 2 is 1.85 bits per heavy atom. The highest BCUT2D eigenvalue weighted by Crippen LogP contribution is 2.87. The molecule has 5 aliphatic rings. The zero-order valence-corrected chi connectivity index (χ0v) is 18.2. The number of hydrogen-bond donors (Lipinski definition) is 1. The first-order chi connectivity index (χ1) is 12.6. The van der Waals surface area contributed by atoms with E-state index in [4.69, 9.17) is 0 Å². The molecule has 27 heavy (non-hydrogen) atoms. The first-order valence-corrected chi connectivity index (χ1v) is 11.2. The van der Waals surface area contributed by atoms with Gasteiger partial charge in [-0.05, 0) is 80.2 Å². The third-order valence-electron chi connectivity index (χ3n) is 10.8. The van der Waals surface area contributed by atoms with Crippen LogP contribution in [0, 0.1) is 33.0 Å². The lowest BCUT2D eigenvalue weighted by molar-refractivity contribution is -0.115. The van der Waals surface area contributed by atoms with Gasteiger partial charge >= 0.3 is 0 Å². The smallest absolute Gasteiger partial charge is 0.160 e. The van der Waals surface area contributed by atoms with E-state index in [2.05, 4.69) is 59.1 Å². The second kappa shape index (κ2) is 4.99. The van der Waals surface area contributed by atoms with Gasteiger partial charge in [0.2, 0.25) is 0 Å². The van der Waals surface area contributed by atoms with Crippen LogP contribution >= 0.6 is 0 Å². The van der Waals surface area contributed by atoms with Crippen molar-refractivity contribution in [3.63, 3.8) is 0 Å². The maximum atomic E-state index is 12.9. The number of carbonyl (C=O) groups is 1. The van der Waals surface area contributed by atoms with Gasteiger partial charge in [-0.1, -0.05) is 45.4 Å². The Morgan fingerprint density at radius 1 is 1.11 bits per heavy atom. The number of nitrogens with one attached hydrogen (secondary N) is 1. The molecule has 1 N–H and O–H groups in total. The Kier molecular flexibility index (Phi) is 3.35. The highest BCUT2D eigenvalue weighted by atomic mass is 16.1. The number of fused-ring (bicyclic) bond motifs is 2. The minimum absolute atomic E-state index is 0.0443. The first kappa shape index (κ1) is 18.2. The molecule has 0 bridgehead atoms. The van der Waals surface area contributed by atoms with Gasteiger partial charge in [-0.25, -0.2) is 0 Å². The predicted octanol–water partition coefficient (Wildman–Crippen LogP) is 5.44. The fraction of sp³-hybridized carbons (Fsp3) is 0.800. The number of ketones is 1. The average molecular weight is 368 g/mol. The summed E-state index contributed by atoms with van der Waals surface area (Å²) in [5.41, 5.74) is 4.18. The van der Waals surface area contributed by atoms with Crippen molar-refractivity contribution in [1.29, 1.82) is 0 Å². The molecule has 6 unspecified atom stereocenters. The molecule has 0 aromatic carbocycles. The molecule has 0 amide bonds. The fourth-order valence-electron chi connectivity index (χ4n) is 9.21. The van der Waals surface area contributed by atoms with Crippen LogP contribution < -0.4 is 5.32 Å². The maximum absolute atomic E-state index is 12.9. The molecule has 4 fully saturated rings. The Balaban J connectivity index is 1.62. The zero-order valence-electron chi connectivity index (χ0n) is 18.2. The van der Waals surface area contributed by atoms with Crippen molar-refractivity contribution in [1.82, 2.24) is 5.32 Å². The van der Waals surface area contributed by atoms with Gasteiger partial charge in [-0.15, -0.1) is 0 Å². The van der Waals surface area contributed by atoms with Crippen LogP contribution in [0.2, 0.25) is 0 Å².